The van der Waals surface area contributed by atoms with Crippen LogP contribution in [-0.2, 0) is 22.7 Å². The van der Waals surface area contributed by atoms with Gasteiger partial charge in [-0.2, -0.15) is 0 Å². The van der Waals surface area contributed by atoms with Gasteiger partial charge in [0.15, 0.2) is 11.5 Å². The van der Waals surface area contributed by atoms with E-state index >= 15 is 0 Å². The second-order valence-corrected chi connectivity index (χ2v) is 11.2. The van der Waals surface area contributed by atoms with Gasteiger partial charge in [0.2, 0.25) is 5.91 Å². The van der Waals surface area contributed by atoms with E-state index in [4.69, 9.17) is 19.2 Å². The van der Waals surface area contributed by atoms with Crippen LogP contribution in [0.1, 0.15) is 34.5 Å². The first-order valence-corrected chi connectivity index (χ1v) is 14.9. The van der Waals surface area contributed by atoms with Gasteiger partial charge >= 0.3 is 0 Å². The first kappa shape index (κ1) is 29.6. The number of hydrogen-bond acceptors (Lipinski definition) is 8. The van der Waals surface area contributed by atoms with Crippen LogP contribution in [0.25, 0.3) is 5.65 Å². The highest BCUT2D eigenvalue weighted by Gasteiger charge is 2.32. The summed E-state index contributed by atoms with van der Waals surface area (Å²) >= 11 is 0. The second kappa shape index (κ2) is 13.5. The summed E-state index contributed by atoms with van der Waals surface area (Å²) in [5, 5.41) is 12.7. The molecule has 4 bridgehead atoms. The van der Waals surface area contributed by atoms with Crippen LogP contribution in [-0.4, -0.2) is 88.1 Å². The number of rotatable bonds is 6. The Hall–Kier alpha value is -4.45. The molecule has 2 aliphatic heterocycles. The van der Waals surface area contributed by atoms with Crippen molar-refractivity contribution in [2.24, 2.45) is 0 Å². The van der Waals surface area contributed by atoms with E-state index in [0.717, 1.165) is 23.4 Å². The lowest BCUT2D eigenvalue weighted by atomic mass is 10.0. The predicted octanol–water partition coefficient (Wildman–Crippen LogP) is 3.25. The summed E-state index contributed by atoms with van der Waals surface area (Å²) in [6, 6.07) is 18.2. The number of hydrogen-bond donors (Lipinski definition) is 2. The largest absolute Gasteiger partial charge is 0.493 e. The molecule has 0 unspecified atom stereocenters. The Morgan fingerprint density at radius 2 is 2.02 bits per heavy atom. The molecule has 1 saturated heterocycles. The Morgan fingerprint density at radius 1 is 1.11 bits per heavy atom. The van der Waals surface area contributed by atoms with Crippen LogP contribution < -0.4 is 14.8 Å². The van der Waals surface area contributed by atoms with E-state index in [2.05, 4.69) is 10.2 Å². The zero-order valence-corrected chi connectivity index (χ0v) is 24.7. The van der Waals surface area contributed by atoms with Crippen LogP contribution in [0.2, 0.25) is 0 Å². The third-order valence-electron chi connectivity index (χ3n) is 7.99. The van der Waals surface area contributed by atoms with Gasteiger partial charge in [0.1, 0.15) is 11.4 Å². The zero-order valence-electron chi connectivity index (χ0n) is 24.7. The molecular weight excluding hydrogens is 562 g/mol. The average Bonchev–Trinajstić information content (AvgIpc) is 3.44. The molecule has 44 heavy (non-hydrogen) atoms. The van der Waals surface area contributed by atoms with E-state index in [1.54, 1.807) is 18.2 Å². The number of imidazole rings is 1. The van der Waals surface area contributed by atoms with Crippen molar-refractivity contribution in [2.75, 3.05) is 39.9 Å². The zero-order chi connectivity index (χ0) is 30.5. The average molecular weight is 600 g/mol. The Labute approximate surface area is 256 Å². The lowest BCUT2D eigenvalue weighted by molar-refractivity contribution is -0.125. The molecule has 1 fully saturated rings. The summed E-state index contributed by atoms with van der Waals surface area (Å²) in [4.78, 5) is 35.6. The van der Waals surface area contributed by atoms with Crippen molar-refractivity contribution in [2.45, 2.75) is 38.1 Å². The Kier molecular flexibility index (Phi) is 9.06. The van der Waals surface area contributed by atoms with E-state index in [0.29, 0.717) is 55.4 Å². The van der Waals surface area contributed by atoms with Crippen molar-refractivity contribution in [3.63, 3.8) is 0 Å². The lowest BCUT2D eigenvalue weighted by Crippen LogP contribution is -2.57. The summed E-state index contributed by atoms with van der Waals surface area (Å²) in [6.07, 6.45) is 4.82. The number of likely N-dealkylation sites (tertiary alicyclic amines) is 1. The van der Waals surface area contributed by atoms with Gasteiger partial charge < -0.3 is 33.9 Å². The van der Waals surface area contributed by atoms with Crippen molar-refractivity contribution >= 4 is 17.5 Å². The van der Waals surface area contributed by atoms with Gasteiger partial charge in [-0.05, 0) is 60.9 Å². The van der Waals surface area contributed by atoms with Crippen LogP contribution in [0.15, 0.2) is 73.1 Å². The molecule has 0 spiro atoms. The quantitative estimate of drug-likeness (QED) is 0.347. The van der Waals surface area contributed by atoms with Crippen molar-refractivity contribution in [1.29, 1.82) is 0 Å². The third-order valence-corrected chi connectivity index (χ3v) is 7.99. The standard InChI is InChI=1S/C33H37N5O6/c1-42-29-10-9-24-17-30(29)44-26-7-4-6-23(16-26)22-43-28-11-14-36(18-25-19-37-12-3-2-8-31(37)34-25)20-27(28)35-32(40)21-38(33(24)41)13-5-15-39/h2-4,6-10,12,16-17,19,27-28,39H,5,11,13-15,18,20-22H2,1H3,(H,35,40)/t27-,28-/m0/s1. The molecule has 2 aliphatic rings. The van der Waals surface area contributed by atoms with E-state index in [1.807, 2.05) is 59.3 Å². The number of nitrogens with zero attached hydrogens (tertiary/aromatic N) is 4. The van der Waals surface area contributed by atoms with Gasteiger partial charge in [-0.25, -0.2) is 4.98 Å². The van der Waals surface area contributed by atoms with Gasteiger partial charge in [-0.1, -0.05) is 18.2 Å². The maximum absolute atomic E-state index is 13.7. The molecular formula is C33H37N5O6. The number of fused-ring (bicyclic) bond motifs is 6. The SMILES string of the molecule is COc1ccc2cc1Oc1cccc(c1)CO[C@H]1CCN(Cc3cn4ccccc4n3)C[C@@H]1NC(=O)CN(CCCO)C2=O. The van der Waals surface area contributed by atoms with Gasteiger partial charge in [-0.3, -0.25) is 14.5 Å². The number of amides is 2. The number of nitrogens with one attached hydrogen (secondary N) is 1. The highest BCUT2D eigenvalue weighted by molar-refractivity contribution is 5.97. The molecule has 11 heteroatoms. The van der Waals surface area contributed by atoms with Gasteiger partial charge in [0.25, 0.3) is 5.91 Å². The number of benzene rings is 2. The molecule has 11 nitrogen and oxygen atoms in total. The van der Waals surface area contributed by atoms with Crippen molar-refractivity contribution < 1.29 is 28.9 Å². The smallest absolute Gasteiger partial charge is 0.254 e. The Bertz CT molecular complexity index is 1590. The maximum atomic E-state index is 13.7. The number of aliphatic hydroxyl groups is 1. The molecule has 6 rings (SSSR count). The highest BCUT2D eigenvalue weighted by atomic mass is 16.5. The van der Waals surface area contributed by atoms with E-state index in [1.165, 1.54) is 12.0 Å². The number of piperidine rings is 1. The topological polar surface area (TPSA) is 118 Å². The fourth-order valence-corrected chi connectivity index (χ4v) is 5.81. The second-order valence-electron chi connectivity index (χ2n) is 11.2. The van der Waals surface area contributed by atoms with E-state index < -0.39 is 0 Å². The molecule has 4 aromatic rings. The van der Waals surface area contributed by atoms with Crippen molar-refractivity contribution in [1.82, 2.24) is 24.5 Å². The van der Waals surface area contributed by atoms with Crippen LogP contribution in [0.4, 0.5) is 0 Å². The lowest BCUT2D eigenvalue weighted by Gasteiger charge is -2.39. The van der Waals surface area contributed by atoms with Gasteiger partial charge in [0, 0.05) is 50.7 Å². The number of ether oxygens (including phenoxy) is 3. The molecule has 2 aromatic heterocycles. The van der Waals surface area contributed by atoms with Crippen LogP contribution >= 0.6 is 0 Å². The fourth-order valence-electron chi connectivity index (χ4n) is 5.81. The molecule has 2 atom stereocenters. The fraction of sp³-hybridized carbons (Fsp3) is 0.364. The first-order valence-electron chi connectivity index (χ1n) is 14.9. The highest BCUT2D eigenvalue weighted by Crippen LogP contribution is 2.33. The molecule has 230 valence electrons. The summed E-state index contributed by atoms with van der Waals surface area (Å²) in [5.41, 5.74) is 3.12. The number of aromatic nitrogens is 2. The Morgan fingerprint density at radius 3 is 2.86 bits per heavy atom. The summed E-state index contributed by atoms with van der Waals surface area (Å²) in [7, 11) is 1.54. The third kappa shape index (κ3) is 6.85. The molecule has 2 amide bonds. The maximum Gasteiger partial charge on any atom is 0.254 e. The normalized spacial score (nSPS) is 19.7. The molecule has 0 radical (unpaired) electrons. The Balaban J connectivity index is 1.27. The van der Waals surface area contributed by atoms with Crippen LogP contribution in [0.5, 0.6) is 17.2 Å². The number of pyridine rings is 1. The van der Waals surface area contributed by atoms with Crippen molar-refractivity contribution in [3.05, 3.63) is 89.9 Å². The van der Waals surface area contributed by atoms with Gasteiger partial charge in [0.05, 0.1) is 38.1 Å². The predicted molar refractivity (Wildman–Crippen MR) is 163 cm³/mol. The van der Waals surface area contributed by atoms with Crippen LogP contribution in [0, 0.1) is 0 Å². The minimum atomic E-state index is -0.341. The summed E-state index contributed by atoms with van der Waals surface area (Å²) in [6.45, 7) is 2.30. The molecule has 0 saturated carbocycles. The number of methoxy groups -OCH3 is 1. The molecule has 2 aromatic carbocycles. The first-order chi connectivity index (χ1) is 21.5. The number of carbonyl (C=O) groups excluding carboxylic acids is 2. The van der Waals surface area contributed by atoms with Gasteiger partial charge in [-0.15, -0.1) is 0 Å². The molecule has 4 heterocycles. The molecule has 2 N–H and O–H groups in total. The van der Waals surface area contributed by atoms with E-state index in [9.17, 15) is 14.7 Å². The minimum absolute atomic E-state index is 0.102. The number of aliphatic hydroxyl groups excluding tert-OH is 1. The number of carbonyl (C=O) groups is 2. The monoisotopic (exact) mass is 599 g/mol. The van der Waals surface area contributed by atoms with E-state index in [-0.39, 0.29) is 43.7 Å². The summed E-state index contributed by atoms with van der Waals surface area (Å²) in [5.74, 6) is 0.816. The molecule has 0 aliphatic carbocycles. The van der Waals surface area contributed by atoms with Crippen LogP contribution in [0.3, 0.4) is 0 Å². The van der Waals surface area contributed by atoms with Crippen molar-refractivity contribution in [3.8, 4) is 17.2 Å². The minimum Gasteiger partial charge on any atom is -0.493 e. The summed E-state index contributed by atoms with van der Waals surface area (Å²) < 4.78 is 20.1.